The summed E-state index contributed by atoms with van der Waals surface area (Å²) in [6.07, 6.45) is 3.09. The van der Waals surface area contributed by atoms with Crippen LogP contribution >= 0.6 is 0 Å². The smallest absolute Gasteiger partial charge is 0.227 e. The molecule has 0 bridgehead atoms. The summed E-state index contributed by atoms with van der Waals surface area (Å²) in [6.45, 7) is 1.20. The molecule has 1 aliphatic rings. The maximum Gasteiger partial charge on any atom is 0.227 e. The molecule has 1 amide bonds. The van der Waals surface area contributed by atoms with Crippen LogP contribution in [0, 0.1) is 11.3 Å². The number of carbonyl (C=O) groups is 1. The van der Waals surface area contributed by atoms with Gasteiger partial charge in [0.2, 0.25) is 5.91 Å². The number of para-hydroxylation sites is 1. The SMILES string of the molecule is COc1cc(C#N)ccc1OCCCC(=O)N1CCCc2ccccc21. The molecule has 1 aliphatic heterocycles. The largest absolute Gasteiger partial charge is 0.493 e. The van der Waals surface area contributed by atoms with Crippen LogP contribution in [-0.4, -0.2) is 26.2 Å². The highest BCUT2D eigenvalue weighted by atomic mass is 16.5. The van der Waals surface area contributed by atoms with E-state index < -0.39 is 0 Å². The molecule has 5 heteroatoms. The third-order valence-electron chi connectivity index (χ3n) is 4.50. The summed E-state index contributed by atoms with van der Waals surface area (Å²) in [5.41, 5.74) is 2.80. The number of hydrogen-bond donors (Lipinski definition) is 0. The van der Waals surface area contributed by atoms with Crippen molar-refractivity contribution in [2.45, 2.75) is 25.7 Å². The first kappa shape index (κ1) is 17.8. The van der Waals surface area contributed by atoms with Crippen LogP contribution in [0.15, 0.2) is 42.5 Å². The molecule has 0 radical (unpaired) electrons. The van der Waals surface area contributed by atoms with Crippen LogP contribution in [0.2, 0.25) is 0 Å². The summed E-state index contributed by atoms with van der Waals surface area (Å²) in [7, 11) is 1.54. The molecule has 0 fully saturated rings. The highest BCUT2D eigenvalue weighted by Crippen LogP contribution is 2.29. The van der Waals surface area contributed by atoms with E-state index in [1.807, 2.05) is 23.1 Å². The monoisotopic (exact) mass is 350 g/mol. The van der Waals surface area contributed by atoms with Crippen LogP contribution in [0.5, 0.6) is 11.5 Å². The molecule has 0 saturated heterocycles. The lowest BCUT2D eigenvalue weighted by Crippen LogP contribution is -2.35. The van der Waals surface area contributed by atoms with Gasteiger partial charge in [0, 0.05) is 24.7 Å². The maximum atomic E-state index is 12.6. The number of nitriles is 1. The number of hydrogen-bond acceptors (Lipinski definition) is 4. The number of benzene rings is 2. The molecule has 5 nitrogen and oxygen atoms in total. The molecule has 0 atom stereocenters. The number of methoxy groups -OCH3 is 1. The highest BCUT2D eigenvalue weighted by Gasteiger charge is 2.21. The molecule has 26 heavy (non-hydrogen) atoms. The van der Waals surface area contributed by atoms with E-state index in [0.29, 0.717) is 36.5 Å². The summed E-state index contributed by atoms with van der Waals surface area (Å²) >= 11 is 0. The molecule has 2 aromatic carbocycles. The van der Waals surface area contributed by atoms with E-state index in [1.165, 1.54) is 5.56 Å². The third-order valence-corrected chi connectivity index (χ3v) is 4.50. The van der Waals surface area contributed by atoms with Crippen LogP contribution in [-0.2, 0) is 11.2 Å². The summed E-state index contributed by atoms with van der Waals surface area (Å²) in [4.78, 5) is 14.5. The van der Waals surface area contributed by atoms with Crippen molar-refractivity contribution >= 4 is 11.6 Å². The van der Waals surface area contributed by atoms with E-state index >= 15 is 0 Å². The van der Waals surface area contributed by atoms with Crippen molar-refractivity contribution in [3.05, 3.63) is 53.6 Å². The molecular weight excluding hydrogens is 328 g/mol. The quantitative estimate of drug-likeness (QED) is 0.745. The number of ether oxygens (including phenoxy) is 2. The lowest BCUT2D eigenvalue weighted by Gasteiger charge is -2.29. The Kier molecular flexibility index (Phi) is 5.75. The van der Waals surface area contributed by atoms with Gasteiger partial charge in [0.25, 0.3) is 0 Å². The second-order valence-electron chi connectivity index (χ2n) is 6.21. The number of amides is 1. The molecule has 2 aromatic rings. The summed E-state index contributed by atoms with van der Waals surface area (Å²) in [5, 5.41) is 8.93. The van der Waals surface area contributed by atoms with Gasteiger partial charge in [-0.3, -0.25) is 4.79 Å². The molecular formula is C21H22N2O3. The molecule has 3 rings (SSSR count). The van der Waals surface area contributed by atoms with Crippen molar-refractivity contribution in [1.82, 2.24) is 0 Å². The van der Waals surface area contributed by atoms with Gasteiger partial charge in [0.15, 0.2) is 11.5 Å². The zero-order valence-electron chi connectivity index (χ0n) is 14.9. The van der Waals surface area contributed by atoms with E-state index in [1.54, 1.807) is 25.3 Å². The van der Waals surface area contributed by atoms with Gasteiger partial charge in [-0.2, -0.15) is 5.26 Å². The van der Waals surface area contributed by atoms with Gasteiger partial charge in [-0.1, -0.05) is 18.2 Å². The Hall–Kier alpha value is -3.00. The number of anilines is 1. The number of nitrogens with zero attached hydrogens (tertiary/aromatic N) is 2. The minimum atomic E-state index is 0.132. The van der Waals surface area contributed by atoms with Crippen molar-refractivity contribution in [2.75, 3.05) is 25.2 Å². The van der Waals surface area contributed by atoms with Crippen LogP contribution in [0.4, 0.5) is 5.69 Å². The first-order chi connectivity index (χ1) is 12.7. The number of fused-ring (bicyclic) bond motifs is 1. The molecule has 0 aliphatic carbocycles. The van der Waals surface area contributed by atoms with E-state index in [4.69, 9.17) is 14.7 Å². The standard InChI is InChI=1S/C21H22N2O3/c1-25-20-14-16(15-22)10-11-19(20)26-13-5-9-21(24)23-12-4-7-17-6-2-3-8-18(17)23/h2-3,6,8,10-11,14H,4-5,7,9,12-13H2,1H3. The summed E-state index contributed by atoms with van der Waals surface area (Å²) in [6, 6.07) is 15.2. The Morgan fingerprint density at radius 1 is 1.23 bits per heavy atom. The van der Waals surface area contributed by atoms with Gasteiger partial charge in [-0.15, -0.1) is 0 Å². The molecule has 0 unspecified atom stereocenters. The first-order valence-corrected chi connectivity index (χ1v) is 8.82. The predicted octanol–water partition coefficient (Wildman–Crippen LogP) is 3.71. The van der Waals surface area contributed by atoms with E-state index in [-0.39, 0.29) is 5.91 Å². The van der Waals surface area contributed by atoms with Gasteiger partial charge < -0.3 is 14.4 Å². The highest BCUT2D eigenvalue weighted by molar-refractivity contribution is 5.94. The maximum absolute atomic E-state index is 12.6. The topological polar surface area (TPSA) is 62.6 Å². The molecule has 0 saturated carbocycles. The van der Waals surface area contributed by atoms with E-state index in [0.717, 1.165) is 25.1 Å². The molecule has 0 aromatic heterocycles. The Morgan fingerprint density at radius 2 is 2.08 bits per heavy atom. The van der Waals surface area contributed by atoms with Gasteiger partial charge in [-0.25, -0.2) is 0 Å². The Balaban J connectivity index is 1.53. The molecule has 0 spiro atoms. The average Bonchev–Trinajstić information content (AvgIpc) is 2.70. The van der Waals surface area contributed by atoms with Crippen molar-refractivity contribution < 1.29 is 14.3 Å². The second kappa shape index (κ2) is 8.39. The van der Waals surface area contributed by atoms with Crippen molar-refractivity contribution in [3.8, 4) is 17.6 Å². The average molecular weight is 350 g/mol. The molecule has 134 valence electrons. The van der Waals surface area contributed by atoms with Gasteiger partial charge in [-0.05, 0) is 43.0 Å². The number of aryl methyl sites for hydroxylation is 1. The molecule has 1 heterocycles. The third kappa shape index (κ3) is 3.97. The number of rotatable bonds is 6. The van der Waals surface area contributed by atoms with Crippen molar-refractivity contribution in [2.24, 2.45) is 0 Å². The van der Waals surface area contributed by atoms with Crippen molar-refractivity contribution in [1.29, 1.82) is 5.26 Å². The van der Waals surface area contributed by atoms with E-state index in [2.05, 4.69) is 12.1 Å². The summed E-state index contributed by atoms with van der Waals surface area (Å²) < 4.78 is 11.0. The number of carbonyl (C=O) groups excluding carboxylic acids is 1. The normalized spacial score (nSPS) is 12.8. The first-order valence-electron chi connectivity index (χ1n) is 8.82. The lowest BCUT2D eigenvalue weighted by atomic mass is 10.0. The minimum absolute atomic E-state index is 0.132. The van der Waals surface area contributed by atoms with Crippen LogP contribution < -0.4 is 14.4 Å². The van der Waals surface area contributed by atoms with Crippen LogP contribution in [0.25, 0.3) is 0 Å². The Labute approximate surface area is 153 Å². The second-order valence-corrected chi connectivity index (χ2v) is 6.21. The fraction of sp³-hybridized carbons (Fsp3) is 0.333. The fourth-order valence-corrected chi connectivity index (χ4v) is 3.19. The minimum Gasteiger partial charge on any atom is -0.493 e. The fourth-order valence-electron chi connectivity index (χ4n) is 3.19. The van der Waals surface area contributed by atoms with Gasteiger partial charge >= 0.3 is 0 Å². The summed E-state index contributed by atoms with van der Waals surface area (Å²) in [5.74, 6) is 1.25. The lowest BCUT2D eigenvalue weighted by molar-refractivity contribution is -0.118. The Morgan fingerprint density at radius 3 is 2.88 bits per heavy atom. The van der Waals surface area contributed by atoms with Gasteiger partial charge in [0.1, 0.15) is 0 Å². The predicted molar refractivity (Wildman–Crippen MR) is 99.6 cm³/mol. The zero-order chi connectivity index (χ0) is 18.4. The Bertz CT molecular complexity index is 826. The zero-order valence-corrected chi connectivity index (χ0v) is 14.9. The van der Waals surface area contributed by atoms with Gasteiger partial charge in [0.05, 0.1) is 25.3 Å². The van der Waals surface area contributed by atoms with Crippen LogP contribution in [0.3, 0.4) is 0 Å². The van der Waals surface area contributed by atoms with Crippen LogP contribution in [0.1, 0.15) is 30.4 Å². The molecule has 0 N–H and O–H groups in total. The van der Waals surface area contributed by atoms with Crippen molar-refractivity contribution in [3.63, 3.8) is 0 Å². The van der Waals surface area contributed by atoms with E-state index in [9.17, 15) is 4.79 Å².